The Morgan fingerprint density at radius 2 is 1.90 bits per heavy atom. The van der Waals surface area contributed by atoms with Gasteiger partial charge in [-0.05, 0) is 54.1 Å². The normalized spacial score (nSPS) is 9.90. The third-order valence-corrected chi connectivity index (χ3v) is 2.58. The molecular weight excluding hydrogens is 239 g/mol. The first-order valence-electron chi connectivity index (χ1n) is 3.07. The quantitative estimate of drug-likeness (QED) is 0.699. The molecule has 0 aliphatic carbocycles. The van der Waals surface area contributed by atoms with Gasteiger partial charge >= 0.3 is 0 Å². The molecule has 0 saturated carbocycles. The summed E-state index contributed by atoms with van der Waals surface area (Å²) in [5, 5.41) is 9.28. The largest absolute Gasteiger partial charge is 0.508 e. The lowest BCUT2D eigenvalue weighted by Crippen LogP contribution is -1.82. The van der Waals surface area contributed by atoms with E-state index in [4.69, 9.17) is 0 Å². The van der Waals surface area contributed by atoms with Crippen LogP contribution in [0.25, 0.3) is 0 Å². The molecule has 0 radical (unpaired) electrons. The number of halogens is 1. The maximum absolute atomic E-state index is 9.28. The second kappa shape index (κ2) is 2.78. The number of aromatic hydroxyl groups is 1. The second-order valence-electron chi connectivity index (χ2n) is 2.39. The first-order valence-corrected chi connectivity index (χ1v) is 4.15. The molecular formula is C8H9IO. The van der Waals surface area contributed by atoms with E-state index in [-0.39, 0.29) is 0 Å². The Kier molecular flexibility index (Phi) is 2.18. The molecule has 1 aromatic carbocycles. The van der Waals surface area contributed by atoms with Crippen LogP contribution in [0, 0.1) is 17.4 Å². The molecule has 1 rings (SSSR count). The van der Waals surface area contributed by atoms with Crippen molar-refractivity contribution < 1.29 is 5.11 Å². The Balaban J connectivity index is 3.31. The van der Waals surface area contributed by atoms with E-state index in [0.717, 1.165) is 14.7 Å². The average Bonchev–Trinajstić information content (AvgIpc) is 1.82. The lowest BCUT2D eigenvalue weighted by Gasteiger charge is -2.01. The Bertz CT molecular complexity index is 232. The smallest absolute Gasteiger partial charge is 0.119 e. The summed E-state index contributed by atoms with van der Waals surface area (Å²) >= 11 is 2.22. The molecule has 0 aliphatic rings. The zero-order chi connectivity index (χ0) is 7.72. The molecule has 0 atom stereocenters. The van der Waals surface area contributed by atoms with Crippen LogP contribution in [0.1, 0.15) is 11.1 Å². The van der Waals surface area contributed by atoms with Crippen molar-refractivity contribution in [3.05, 3.63) is 26.8 Å². The molecule has 0 heterocycles. The van der Waals surface area contributed by atoms with Crippen LogP contribution in [0.2, 0.25) is 0 Å². The van der Waals surface area contributed by atoms with Crippen molar-refractivity contribution >= 4 is 22.6 Å². The molecule has 2 heteroatoms. The van der Waals surface area contributed by atoms with Gasteiger partial charge in [0.05, 0.1) is 0 Å². The van der Waals surface area contributed by atoms with Crippen LogP contribution in [0.15, 0.2) is 12.1 Å². The van der Waals surface area contributed by atoms with Crippen LogP contribution in [0.4, 0.5) is 0 Å². The van der Waals surface area contributed by atoms with Gasteiger partial charge in [0, 0.05) is 9.13 Å². The van der Waals surface area contributed by atoms with Crippen LogP contribution < -0.4 is 0 Å². The molecule has 54 valence electrons. The van der Waals surface area contributed by atoms with E-state index in [0.29, 0.717) is 5.75 Å². The van der Waals surface area contributed by atoms with E-state index in [1.165, 1.54) is 0 Å². The van der Waals surface area contributed by atoms with Gasteiger partial charge in [-0.25, -0.2) is 0 Å². The standard InChI is InChI=1S/C8H9IO/c1-5-3-7(9)6(2)8(10)4-5/h3-4,10H,1-2H3. The molecule has 0 aliphatic heterocycles. The molecule has 0 saturated heterocycles. The van der Waals surface area contributed by atoms with E-state index in [1.54, 1.807) is 6.07 Å². The van der Waals surface area contributed by atoms with Crippen molar-refractivity contribution in [3.63, 3.8) is 0 Å². The fourth-order valence-electron chi connectivity index (χ4n) is 0.796. The fourth-order valence-corrected chi connectivity index (χ4v) is 1.56. The second-order valence-corrected chi connectivity index (χ2v) is 3.55. The van der Waals surface area contributed by atoms with Gasteiger partial charge in [-0.3, -0.25) is 0 Å². The molecule has 0 amide bonds. The van der Waals surface area contributed by atoms with Crippen LogP contribution in [0.3, 0.4) is 0 Å². The topological polar surface area (TPSA) is 20.2 Å². The van der Waals surface area contributed by atoms with Crippen LogP contribution in [-0.4, -0.2) is 5.11 Å². The van der Waals surface area contributed by atoms with Gasteiger partial charge in [-0.15, -0.1) is 0 Å². The van der Waals surface area contributed by atoms with Crippen molar-refractivity contribution in [1.29, 1.82) is 0 Å². The Labute approximate surface area is 74.2 Å². The molecule has 1 N–H and O–H groups in total. The minimum atomic E-state index is 0.393. The predicted octanol–water partition coefficient (Wildman–Crippen LogP) is 2.61. The van der Waals surface area contributed by atoms with Crippen LogP contribution >= 0.6 is 22.6 Å². The highest BCUT2D eigenvalue weighted by Crippen LogP contribution is 2.23. The summed E-state index contributed by atoms with van der Waals surface area (Å²) in [7, 11) is 0. The van der Waals surface area contributed by atoms with Crippen molar-refractivity contribution in [3.8, 4) is 5.75 Å². The first-order chi connectivity index (χ1) is 4.61. The van der Waals surface area contributed by atoms with Crippen LogP contribution in [0.5, 0.6) is 5.75 Å². The van der Waals surface area contributed by atoms with Gasteiger partial charge in [0.25, 0.3) is 0 Å². The zero-order valence-electron chi connectivity index (χ0n) is 5.98. The Morgan fingerprint density at radius 1 is 1.30 bits per heavy atom. The first kappa shape index (κ1) is 7.85. The number of benzene rings is 1. The molecule has 0 unspecified atom stereocenters. The molecule has 0 fully saturated rings. The lowest BCUT2D eigenvalue weighted by molar-refractivity contribution is 0.470. The number of phenols is 1. The minimum Gasteiger partial charge on any atom is -0.508 e. The number of phenolic OH excluding ortho intramolecular Hbond substituents is 1. The van der Waals surface area contributed by atoms with E-state index in [1.807, 2.05) is 13.8 Å². The Morgan fingerprint density at radius 3 is 2.40 bits per heavy atom. The molecule has 0 aromatic heterocycles. The van der Waals surface area contributed by atoms with Gasteiger partial charge in [-0.1, -0.05) is 0 Å². The maximum Gasteiger partial charge on any atom is 0.119 e. The van der Waals surface area contributed by atoms with Crippen molar-refractivity contribution in [1.82, 2.24) is 0 Å². The van der Waals surface area contributed by atoms with Crippen molar-refractivity contribution in [2.45, 2.75) is 13.8 Å². The third kappa shape index (κ3) is 1.42. The maximum atomic E-state index is 9.28. The summed E-state index contributed by atoms with van der Waals surface area (Å²) < 4.78 is 1.12. The van der Waals surface area contributed by atoms with Crippen molar-refractivity contribution in [2.75, 3.05) is 0 Å². The van der Waals surface area contributed by atoms with Gasteiger partial charge in [0.2, 0.25) is 0 Å². The van der Waals surface area contributed by atoms with Crippen molar-refractivity contribution in [2.24, 2.45) is 0 Å². The highest BCUT2D eigenvalue weighted by molar-refractivity contribution is 14.1. The zero-order valence-corrected chi connectivity index (χ0v) is 8.14. The molecule has 1 nitrogen and oxygen atoms in total. The van der Waals surface area contributed by atoms with Gasteiger partial charge < -0.3 is 5.11 Å². The van der Waals surface area contributed by atoms with E-state index in [9.17, 15) is 5.11 Å². The minimum absolute atomic E-state index is 0.393. The van der Waals surface area contributed by atoms with Gasteiger partial charge in [0.15, 0.2) is 0 Å². The summed E-state index contributed by atoms with van der Waals surface area (Å²) in [4.78, 5) is 0. The van der Waals surface area contributed by atoms with Gasteiger partial charge in [0.1, 0.15) is 5.75 Å². The summed E-state index contributed by atoms with van der Waals surface area (Å²) in [6.45, 7) is 3.89. The van der Waals surface area contributed by atoms with E-state index in [2.05, 4.69) is 28.7 Å². The molecule has 1 aromatic rings. The summed E-state index contributed by atoms with van der Waals surface area (Å²) in [6, 6.07) is 3.83. The summed E-state index contributed by atoms with van der Waals surface area (Å²) in [6.07, 6.45) is 0. The Hall–Kier alpha value is -0.250. The van der Waals surface area contributed by atoms with E-state index < -0.39 is 0 Å². The predicted molar refractivity (Wildman–Crippen MR) is 50.3 cm³/mol. The van der Waals surface area contributed by atoms with Gasteiger partial charge in [-0.2, -0.15) is 0 Å². The fraction of sp³-hybridized carbons (Fsp3) is 0.250. The third-order valence-electron chi connectivity index (χ3n) is 1.46. The highest BCUT2D eigenvalue weighted by Gasteiger charge is 1.99. The summed E-state index contributed by atoms with van der Waals surface area (Å²) in [5.41, 5.74) is 2.07. The molecule has 10 heavy (non-hydrogen) atoms. The number of hydrogen-bond donors (Lipinski definition) is 1. The highest BCUT2D eigenvalue weighted by atomic mass is 127. The number of rotatable bonds is 0. The van der Waals surface area contributed by atoms with Crippen LogP contribution in [-0.2, 0) is 0 Å². The number of aryl methyl sites for hydroxylation is 1. The SMILES string of the molecule is Cc1cc(O)c(C)c(I)c1. The lowest BCUT2D eigenvalue weighted by atomic mass is 10.1. The molecule has 0 spiro atoms. The monoisotopic (exact) mass is 248 g/mol. The van der Waals surface area contributed by atoms with E-state index >= 15 is 0 Å². The number of hydrogen-bond acceptors (Lipinski definition) is 1. The molecule has 0 bridgehead atoms. The average molecular weight is 248 g/mol. The summed E-state index contributed by atoms with van der Waals surface area (Å²) in [5.74, 6) is 0.393.